The number of amides is 1. The maximum absolute atomic E-state index is 12.3. The summed E-state index contributed by atoms with van der Waals surface area (Å²) in [6.45, 7) is 1.74. The number of carbonyl (C=O) groups is 1. The van der Waals surface area contributed by atoms with Crippen LogP contribution in [0, 0.1) is 6.92 Å². The molecule has 1 heterocycles. The molecule has 0 fully saturated rings. The Morgan fingerprint density at radius 2 is 2.11 bits per heavy atom. The van der Waals surface area contributed by atoms with Gasteiger partial charge < -0.3 is 9.84 Å². The lowest BCUT2D eigenvalue weighted by Crippen LogP contribution is -2.04. The Morgan fingerprint density at radius 1 is 1.37 bits per heavy atom. The number of halogens is 3. The van der Waals surface area contributed by atoms with E-state index >= 15 is 0 Å². The minimum Gasteiger partial charge on any atom is -0.329 e. The van der Waals surface area contributed by atoms with Gasteiger partial charge in [-0.2, -0.15) is 18.2 Å². The summed E-state index contributed by atoms with van der Waals surface area (Å²) in [5.41, 5.74) is 1.54. The molecule has 0 saturated heterocycles. The van der Waals surface area contributed by atoms with E-state index < -0.39 is 12.1 Å². The van der Waals surface area contributed by atoms with Crippen LogP contribution in [0.1, 0.15) is 11.5 Å². The Balaban J connectivity index is 2.39. The molecule has 0 aliphatic rings. The van der Waals surface area contributed by atoms with Crippen molar-refractivity contribution in [1.82, 2.24) is 10.1 Å². The SMILES string of the molecule is Cc1ccc(-c2noc(C(F)(F)F)n2)cc1NC=O. The molecule has 1 aromatic heterocycles. The number of rotatable bonds is 3. The van der Waals surface area contributed by atoms with Crippen molar-refractivity contribution in [2.75, 3.05) is 5.32 Å². The Hall–Kier alpha value is -2.38. The van der Waals surface area contributed by atoms with Gasteiger partial charge in [-0.15, -0.1) is 0 Å². The number of alkyl halides is 3. The van der Waals surface area contributed by atoms with Gasteiger partial charge in [-0.25, -0.2) is 0 Å². The number of nitrogens with zero attached hydrogens (tertiary/aromatic N) is 2. The third-order valence-corrected chi connectivity index (χ3v) is 2.38. The van der Waals surface area contributed by atoms with Gasteiger partial charge in [0.15, 0.2) is 0 Å². The first-order valence-electron chi connectivity index (χ1n) is 5.14. The number of hydrogen-bond acceptors (Lipinski definition) is 4. The predicted octanol–water partition coefficient (Wildman–Crippen LogP) is 2.63. The number of anilines is 1. The Bertz CT molecular complexity index is 607. The van der Waals surface area contributed by atoms with Gasteiger partial charge >= 0.3 is 12.1 Å². The molecule has 19 heavy (non-hydrogen) atoms. The van der Waals surface area contributed by atoms with Gasteiger partial charge in [0, 0.05) is 11.3 Å². The number of hydrogen-bond donors (Lipinski definition) is 1. The minimum absolute atomic E-state index is 0.193. The van der Waals surface area contributed by atoms with Crippen molar-refractivity contribution >= 4 is 12.1 Å². The van der Waals surface area contributed by atoms with Crippen LogP contribution in [0.25, 0.3) is 11.4 Å². The Labute approximate surface area is 105 Å². The molecular weight excluding hydrogens is 263 g/mol. The Kier molecular flexibility index (Phi) is 3.24. The van der Waals surface area contributed by atoms with E-state index in [1.807, 2.05) is 0 Å². The summed E-state index contributed by atoms with van der Waals surface area (Å²) in [5.74, 6) is -1.60. The highest BCUT2D eigenvalue weighted by molar-refractivity contribution is 5.76. The first-order chi connectivity index (χ1) is 8.91. The number of aryl methyl sites for hydroxylation is 1. The van der Waals surface area contributed by atoms with Gasteiger partial charge in [0.2, 0.25) is 12.2 Å². The first kappa shape index (κ1) is 13.1. The van der Waals surface area contributed by atoms with Crippen LogP contribution in [0.2, 0.25) is 0 Å². The smallest absolute Gasteiger partial charge is 0.329 e. The van der Waals surface area contributed by atoms with Gasteiger partial charge in [-0.3, -0.25) is 4.79 Å². The second-order valence-electron chi connectivity index (χ2n) is 3.71. The second-order valence-corrected chi connectivity index (χ2v) is 3.71. The molecule has 100 valence electrons. The van der Waals surface area contributed by atoms with E-state index in [0.29, 0.717) is 17.7 Å². The fraction of sp³-hybridized carbons (Fsp3) is 0.182. The van der Waals surface area contributed by atoms with Crippen LogP contribution in [0.15, 0.2) is 22.7 Å². The van der Waals surface area contributed by atoms with Crippen LogP contribution < -0.4 is 5.32 Å². The summed E-state index contributed by atoms with van der Waals surface area (Å²) in [5, 5.41) is 5.70. The third kappa shape index (κ3) is 2.72. The van der Waals surface area contributed by atoms with Gasteiger partial charge in [-0.1, -0.05) is 17.3 Å². The molecule has 0 atom stereocenters. The van der Waals surface area contributed by atoms with E-state index in [1.165, 1.54) is 12.1 Å². The molecule has 0 spiro atoms. The van der Waals surface area contributed by atoms with E-state index in [4.69, 9.17) is 0 Å². The van der Waals surface area contributed by atoms with Gasteiger partial charge in [-0.05, 0) is 18.6 Å². The average molecular weight is 271 g/mol. The summed E-state index contributed by atoms with van der Waals surface area (Å²) in [6, 6.07) is 4.63. The van der Waals surface area contributed by atoms with E-state index in [9.17, 15) is 18.0 Å². The van der Waals surface area contributed by atoms with Crippen molar-refractivity contribution in [3.8, 4) is 11.4 Å². The first-order valence-corrected chi connectivity index (χ1v) is 5.14. The molecule has 5 nitrogen and oxygen atoms in total. The summed E-state index contributed by atoms with van der Waals surface area (Å²) < 4.78 is 41.1. The van der Waals surface area contributed by atoms with Crippen molar-refractivity contribution in [2.45, 2.75) is 13.1 Å². The van der Waals surface area contributed by atoms with Crippen molar-refractivity contribution in [3.05, 3.63) is 29.7 Å². The largest absolute Gasteiger partial charge is 0.471 e. The average Bonchev–Trinajstić information content (AvgIpc) is 2.81. The number of aromatic nitrogens is 2. The van der Waals surface area contributed by atoms with Crippen molar-refractivity contribution in [1.29, 1.82) is 0 Å². The molecule has 0 unspecified atom stereocenters. The van der Waals surface area contributed by atoms with E-state index in [2.05, 4.69) is 20.0 Å². The van der Waals surface area contributed by atoms with Gasteiger partial charge in [0.1, 0.15) is 0 Å². The van der Waals surface area contributed by atoms with Crippen LogP contribution in [0.3, 0.4) is 0 Å². The predicted molar refractivity (Wildman–Crippen MR) is 59.2 cm³/mol. The molecule has 2 rings (SSSR count). The van der Waals surface area contributed by atoms with E-state index in [-0.39, 0.29) is 5.82 Å². The molecule has 1 amide bonds. The zero-order valence-corrected chi connectivity index (χ0v) is 9.65. The van der Waals surface area contributed by atoms with Crippen LogP contribution >= 0.6 is 0 Å². The maximum Gasteiger partial charge on any atom is 0.471 e. The minimum atomic E-state index is -4.68. The fourth-order valence-corrected chi connectivity index (χ4v) is 1.44. The fourth-order valence-electron chi connectivity index (χ4n) is 1.44. The molecule has 8 heteroatoms. The maximum atomic E-state index is 12.3. The van der Waals surface area contributed by atoms with Crippen LogP contribution in [0.5, 0.6) is 0 Å². The Morgan fingerprint density at radius 3 is 2.68 bits per heavy atom. The lowest BCUT2D eigenvalue weighted by molar-refractivity contribution is -0.159. The molecule has 1 N–H and O–H groups in total. The molecule has 2 aromatic rings. The van der Waals surface area contributed by atoms with Crippen molar-refractivity contribution < 1.29 is 22.5 Å². The zero-order valence-electron chi connectivity index (χ0n) is 9.65. The highest BCUT2D eigenvalue weighted by atomic mass is 19.4. The monoisotopic (exact) mass is 271 g/mol. The quantitative estimate of drug-likeness (QED) is 0.871. The number of benzene rings is 1. The highest BCUT2D eigenvalue weighted by Crippen LogP contribution is 2.30. The molecule has 0 radical (unpaired) electrons. The molecule has 0 saturated carbocycles. The molecule has 1 aromatic carbocycles. The standard InChI is InChI=1S/C11H8F3N3O2/c1-6-2-3-7(4-8(6)15-5-18)9-16-10(19-17-9)11(12,13)14/h2-5H,1H3,(H,15,18). The van der Waals surface area contributed by atoms with E-state index in [1.54, 1.807) is 13.0 Å². The summed E-state index contributed by atoms with van der Waals surface area (Å²) >= 11 is 0. The van der Waals surface area contributed by atoms with Gasteiger partial charge in [0.25, 0.3) is 0 Å². The molecule has 0 bridgehead atoms. The van der Waals surface area contributed by atoms with Crippen LogP contribution in [-0.2, 0) is 11.0 Å². The lowest BCUT2D eigenvalue weighted by Gasteiger charge is -2.04. The molecule has 0 aliphatic carbocycles. The topological polar surface area (TPSA) is 68.0 Å². The normalized spacial score (nSPS) is 11.4. The van der Waals surface area contributed by atoms with Gasteiger partial charge in [0.05, 0.1) is 0 Å². The zero-order chi connectivity index (χ0) is 14.0. The molecular formula is C11H8F3N3O2. The number of nitrogens with one attached hydrogen (secondary N) is 1. The third-order valence-electron chi connectivity index (χ3n) is 2.38. The van der Waals surface area contributed by atoms with Crippen LogP contribution in [0.4, 0.5) is 18.9 Å². The van der Waals surface area contributed by atoms with Crippen molar-refractivity contribution in [3.63, 3.8) is 0 Å². The highest BCUT2D eigenvalue weighted by Gasteiger charge is 2.38. The summed E-state index contributed by atoms with van der Waals surface area (Å²) in [7, 11) is 0. The lowest BCUT2D eigenvalue weighted by atomic mass is 10.1. The summed E-state index contributed by atoms with van der Waals surface area (Å²) in [6.07, 6.45) is -4.21. The summed E-state index contributed by atoms with van der Waals surface area (Å²) in [4.78, 5) is 13.7. The number of carbonyl (C=O) groups excluding carboxylic acids is 1. The second kappa shape index (κ2) is 4.71. The van der Waals surface area contributed by atoms with Crippen molar-refractivity contribution in [2.24, 2.45) is 0 Å². The molecule has 0 aliphatic heterocycles. The van der Waals surface area contributed by atoms with E-state index in [0.717, 1.165) is 5.56 Å². The van der Waals surface area contributed by atoms with Crippen LogP contribution in [-0.4, -0.2) is 16.6 Å².